The Bertz CT molecular complexity index is 1030. The molecule has 0 fully saturated rings. The number of thiazole rings is 2. The number of carbonyl (C=O) groups is 1. The van der Waals surface area contributed by atoms with Crippen LogP contribution in [0.25, 0.3) is 20.4 Å². The van der Waals surface area contributed by atoms with E-state index in [-0.39, 0.29) is 5.91 Å². The molecule has 4 nitrogen and oxygen atoms in total. The Balaban J connectivity index is 1.33. The van der Waals surface area contributed by atoms with Crippen molar-refractivity contribution in [1.82, 2.24) is 9.97 Å². The van der Waals surface area contributed by atoms with Crippen molar-refractivity contribution in [3.8, 4) is 0 Å². The lowest BCUT2D eigenvalue weighted by atomic mass is 10.3. The maximum Gasteiger partial charge on any atom is 0.236 e. The van der Waals surface area contributed by atoms with E-state index in [1.165, 1.54) is 16.0 Å². The van der Waals surface area contributed by atoms with E-state index in [9.17, 15) is 4.79 Å². The number of halogens is 1. The number of fused-ring (bicyclic) bond motifs is 2. The number of thioether (sulfide) groups is 1. The number of nitrogens with zero attached hydrogens (tertiary/aromatic N) is 2. The normalized spacial score (nSPS) is 11.2. The molecular weight excluding hydrogens is 394 g/mol. The molecule has 0 radical (unpaired) electrons. The van der Waals surface area contributed by atoms with Gasteiger partial charge in [0.1, 0.15) is 5.01 Å². The van der Waals surface area contributed by atoms with E-state index in [4.69, 9.17) is 11.6 Å². The van der Waals surface area contributed by atoms with Gasteiger partial charge in [-0.05, 0) is 30.3 Å². The average molecular weight is 406 g/mol. The lowest BCUT2D eigenvalue weighted by Crippen LogP contribution is -2.13. The monoisotopic (exact) mass is 405 g/mol. The van der Waals surface area contributed by atoms with Crippen LogP contribution >= 0.6 is 46.0 Å². The zero-order valence-corrected chi connectivity index (χ0v) is 16.1. The number of amides is 1. The van der Waals surface area contributed by atoms with Crippen LogP contribution in [0.3, 0.4) is 0 Å². The van der Waals surface area contributed by atoms with Gasteiger partial charge >= 0.3 is 0 Å². The van der Waals surface area contributed by atoms with Crippen molar-refractivity contribution < 1.29 is 4.79 Å². The molecule has 0 atom stereocenters. The first-order valence-electron chi connectivity index (χ1n) is 7.45. The van der Waals surface area contributed by atoms with Gasteiger partial charge in [0.15, 0.2) is 5.13 Å². The van der Waals surface area contributed by atoms with Crippen molar-refractivity contribution in [2.75, 3.05) is 11.1 Å². The van der Waals surface area contributed by atoms with Crippen molar-refractivity contribution in [2.45, 2.75) is 5.75 Å². The van der Waals surface area contributed by atoms with E-state index in [0.29, 0.717) is 15.9 Å². The van der Waals surface area contributed by atoms with Crippen LogP contribution in [0.1, 0.15) is 5.01 Å². The van der Waals surface area contributed by atoms with E-state index < -0.39 is 0 Å². The standard InChI is InChI=1S/C17H12ClN3OS3/c18-10-5-6-12-14(7-10)25-17(20-12)21-15(22)8-23-9-16-19-11-3-1-2-4-13(11)24-16/h1-7H,8-9H2,(H,20,21,22). The second-order valence-electron chi connectivity index (χ2n) is 5.25. The maximum atomic E-state index is 12.1. The van der Waals surface area contributed by atoms with E-state index in [2.05, 4.69) is 21.4 Å². The number of aromatic nitrogens is 2. The zero-order chi connectivity index (χ0) is 17.2. The molecule has 0 aliphatic heterocycles. The molecule has 0 bridgehead atoms. The van der Waals surface area contributed by atoms with Crippen LogP contribution in [-0.4, -0.2) is 21.6 Å². The SMILES string of the molecule is O=C(CSCc1nc2ccccc2s1)Nc1nc2ccc(Cl)cc2s1. The Morgan fingerprint density at radius 2 is 1.92 bits per heavy atom. The fourth-order valence-corrected chi connectivity index (χ4v) is 5.33. The third kappa shape index (κ3) is 3.95. The van der Waals surface area contributed by atoms with Crippen molar-refractivity contribution in [2.24, 2.45) is 0 Å². The lowest BCUT2D eigenvalue weighted by molar-refractivity contribution is -0.113. The minimum Gasteiger partial charge on any atom is -0.301 e. The fraction of sp³-hybridized carbons (Fsp3) is 0.118. The Morgan fingerprint density at radius 3 is 2.80 bits per heavy atom. The molecule has 2 heterocycles. The highest BCUT2D eigenvalue weighted by Crippen LogP contribution is 2.29. The van der Waals surface area contributed by atoms with Crippen LogP contribution in [0.2, 0.25) is 5.02 Å². The number of hydrogen-bond donors (Lipinski definition) is 1. The highest BCUT2D eigenvalue weighted by atomic mass is 35.5. The lowest BCUT2D eigenvalue weighted by Gasteiger charge is -2.00. The molecule has 1 amide bonds. The molecule has 4 rings (SSSR count). The summed E-state index contributed by atoms with van der Waals surface area (Å²) in [6, 6.07) is 13.6. The number of para-hydroxylation sites is 1. The Kier molecular flexibility index (Phi) is 4.89. The van der Waals surface area contributed by atoms with Gasteiger partial charge in [-0.3, -0.25) is 4.79 Å². The van der Waals surface area contributed by atoms with E-state index in [1.54, 1.807) is 29.2 Å². The van der Waals surface area contributed by atoms with Crippen LogP contribution < -0.4 is 5.32 Å². The number of nitrogens with one attached hydrogen (secondary N) is 1. The third-order valence-electron chi connectivity index (χ3n) is 3.39. The van der Waals surface area contributed by atoms with Crippen LogP contribution in [-0.2, 0) is 10.5 Å². The van der Waals surface area contributed by atoms with Gasteiger partial charge in [-0.25, -0.2) is 9.97 Å². The van der Waals surface area contributed by atoms with Gasteiger partial charge in [0, 0.05) is 10.8 Å². The number of anilines is 1. The van der Waals surface area contributed by atoms with Gasteiger partial charge in [-0.15, -0.1) is 23.1 Å². The first kappa shape index (κ1) is 16.8. The van der Waals surface area contributed by atoms with Gasteiger partial charge in [0.2, 0.25) is 5.91 Å². The van der Waals surface area contributed by atoms with E-state index >= 15 is 0 Å². The number of benzene rings is 2. The summed E-state index contributed by atoms with van der Waals surface area (Å²) >= 11 is 10.6. The molecule has 0 aliphatic carbocycles. The molecule has 4 aromatic rings. The van der Waals surface area contributed by atoms with Crippen molar-refractivity contribution in [3.05, 3.63) is 52.5 Å². The summed E-state index contributed by atoms with van der Waals surface area (Å²) in [6.45, 7) is 0. The Morgan fingerprint density at radius 1 is 1.08 bits per heavy atom. The largest absolute Gasteiger partial charge is 0.301 e. The highest BCUT2D eigenvalue weighted by Gasteiger charge is 2.09. The molecule has 8 heteroatoms. The fourth-order valence-electron chi connectivity index (χ4n) is 2.32. The molecule has 0 unspecified atom stereocenters. The predicted molar refractivity (Wildman–Crippen MR) is 109 cm³/mol. The summed E-state index contributed by atoms with van der Waals surface area (Å²) in [4.78, 5) is 21.1. The quantitative estimate of drug-likeness (QED) is 0.481. The van der Waals surface area contributed by atoms with Gasteiger partial charge in [-0.1, -0.05) is 35.1 Å². The number of rotatable bonds is 5. The number of hydrogen-bond acceptors (Lipinski definition) is 6. The average Bonchev–Trinajstić information content (AvgIpc) is 3.17. The first-order chi connectivity index (χ1) is 12.2. The van der Waals surface area contributed by atoms with Gasteiger partial charge in [0.05, 0.1) is 26.2 Å². The summed E-state index contributed by atoms with van der Waals surface area (Å²) in [5, 5.41) is 5.15. The summed E-state index contributed by atoms with van der Waals surface area (Å²) in [5.74, 6) is 1.03. The van der Waals surface area contributed by atoms with E-state index in [0.717, 1.165) is 26.5 Å². The molecule has 126 valence electrons. The van der Waals surface area contributed by atoms with Crippen LogP contribution in [0.4, 0.5) is 5.13 Å². The molecule has 25 heavy (non-hydrogen) atoms. The van der Waals surface area contributed by atoms with Gasteiger partial charge in [0.25, 0.3) is 0 Å². The summed E-state index contributed by atoms with van der Waals surface area (Å²) in [6.07, 6.45) is 0. The Hall–Kier alpha value is -1.67. The molecule has 0 aliphatic rings. The van der Waals surface area contributed by atoms with Gasteiger partial charge in [-0.2, -0.15) is 0 Å². The minimum absolute atomic E-state index is 0.0590. The Labute approximate surface area is 161 Å². The molecular formula is C17H12ClN3OS3. The second-order valence-corrected chi connectivity index (χ2v) is 8.82. The summed E-state index contributed by atoms with van der Waals surface area (Å²) in [7, 11) is 0. The minimum atomic E-state index is -0.0590. The first-order valence-corrected chi connectivity index (χ1v) is 10.6. The molecule has 0 saturated heterocycles. The van der Waals surface area contributed by atoms with Crippen molar-refractivity contribution in [1.29, 1.82) is 0 Å². The summed E-state index contributed by atoms with van der Waals surface area (Å²) < 4.78 is 2.14. The van der Waals surface area contributed by atoms with E-state index in [1.807, 2.05) is 30.3 Å². The topological polar surface area (TPSA) is 54.9 Å². The van der Waals surface area contributed by atoms with Crippen LogP contribution in [0, 0.1) is 0 Å². The molecule has 1 N–H and O–H groups in total. The summed E-state index contributed by atoms with van der Waals surface area (Å²) in [5.41, 5.74) is 1.85. The molecule has 0 spiro atoms. The number of carbonyl (C=O) groups excluding carboxylic acids is 1. The molecule has 2 aromatic carbocycles. The second kappa shape index (κ2) is 7.29. The van der Waals surface area contributed by atoms with Crippen molar-refractivity contribution in [3.63, 3.8) is 0 Å². The zero-order valence-electron chi connectivity index (χ0n) is 12.9. The maximum absolute atomic E-state index is 12.1. The van der Waals surface area contributed by atoms with Crippen LogP contribution in [0.5, 0.6) is 0 Å². The van der Waals surface area contributed by atoms with Crippen molar-refractivity contribution >= 4 is 77.5 Å². The molecule has 2 aromatic heterocycles. The smallest absolute Gasteiger partial charge is 0.236 e. The van der Waals surface area contributed by atoms with Gasteiger partial charge < -0.3 is 5.32 Å². The highest BCUT2D eigenvalue weighted by molar-refractivity contribution is 7.99. The predicted octanol–water partition coefficient (Wildman–Crippen LogP) is 5.43. The third-order valence-corrected chi connectivity index (χ3v) is 6.73. The van der Waals surface area contributed by atoms with Crippen LogP contribution in [0.15, 0.2) is 42.5 Å². The molecule has 0 saturated carbocycles.